The van der Waals surface area contributed by atoms with E-state index in [9.17, 15) is 24.9 Å². The van der Waals surface area contributed by atoms with Crippen molar-refractivity contribution < 1.29 is 34.4 Å². The van der Waals surface area contributed by atoms with Gasteiger partial charge in [0.1, 0.15) is 12.2 Å². The lowest BCUT2D eigenvalue weighted by molar-refractivity contribution is -0.151. The van der Waals surface area contributed by atoms with Gasteiger partial charge >= 0.3 is 11.9 Å². The van der Waals surface area contributed by atoms with Gasteiger partial charge in [0.25, 0.3) is 0 Å². The number of carbonyl (C=O) groups is 2. The standard InChI is InChI=1S/C34H52O7/c1-23(2)31-15-9-8-14-27(6)32(16-11-17-33(38)40-31)41-34(39)19-18-26(5)20-24(3)12-10-13-25(4)21-29(36)30(37)22-28(7)35/h8-10,12-13,18-21,23,27-32,35-37H,11,14-17,22H2,1-7H3/b9-8+,13-10+,19-18+,24-12+,25-21+,26-20+/t27-,28?,29?,30?,31+,32-/m0/s1. The summed E-state index contributed by atoms with van der Waals surface area (Å²) in [6, 6.07) is 0. The molecule has 0 saturated carbocycles. The van der Waals surface area contributed by atoms with Crippen molar-refractivity contribution in [3.05, 3.63) is 71.4 Å². The molecule has 0 spiro atoms. The first kappa shape index (κ1) is 36.3. The number of hydrogen-bond acceptors (Lipinski definition) is 7. The van der Waals surface area contributed by atoms with Gasteiger partial charge in [-0.25, -0.2) is 4.79 Å². The maximum atomic E-state index is 12.6. The molecule has 0 amide bonds. The lowest BCUT2D eigenvalue weighted by Crippen LogP contribution is -2.27. The van der Waals surface area contributed by atoms with Gasteiger partial charge in [0.05, 0.1) is 18.3 Å². The molecule has 7 heteroatoms. The fourth-order valence-corrected chi connectivity index (χ4v) is 4.40. The number of carbonyl (C=O) groups excluding carboxylic acids is 2. The Morgan fingerprint density at radius 2 is 1.71 bits per heavy atom. The van der Waals surface area contributed by atoms with Gasteiger partial charge < -0.3 is 24.8 Å². The molecule has 1 aliphatic heterocycles. The average Bonchev–Trinajstić information content (AvgIpc) is 2.87. The minimum atomic E-state index is -1.05. The molecule has 0 aromatic rings. The lowest BCUT2D eigenvalue weighted by atomic mass is 9.94. The molecule has 0 radical (unpaired) electrons. The highest BCUT2D eigenvalue weighted by Crippen LogP contribution is 2.22. The van der Waals surface area contributed by atoms with E-state index in [1.165, 1.54) is 6.08 Å². The summed E-state index contributed by atoms with van der Waals surface area (Å²) in [6.45, 7) is 13.4. The lowest BCUT2D eigenvalue weighted by Gasteiger charge is -2.24. The molecule has 1 rings (SSSR count). The third-order valence-electron chi connectivity index (χ3n) is 6.91. The summed E-state index contributed by atoms with van der Waals surface area (Å²) in [5.41, 5.74) is 2.62. The number of ether oxygens (including phenoxy) is 2. The first-order chi connectivity index (χ1) is 19.3. The number of esters is 2. The van der Waals surface area contributed by atoms with Gasteiger partial charge in [-0.15, -0.1) is 0 Å². The molecule has 41 heavy (non-hydrogen) atoms. The molecular formula is C34H52O7. The van der Waals surface area contributed by atoms with Crippen molar-refractivity contribution in [1.29, 1.82) is 0 Å². The predicted octanol–water partition coefficient (Wildman–Crippen LogP) is 6.07. The van der Waals surface area contributed by atoms with Gasteiger partial charge in [0.15, 0.2) is 0 Å². The fraction of sp³-hybridized carbons (Fsp3) is 0.588. The minimum absolute atomic E-state index is 0.102. The van der Waals surface area contributed by atoms with Crippen LogP contribution in [-0.4, -0.2) is 57.8 Å². The number of hydrogen-bond donors (Lipinski definition) is 3. The predicted molar refractivity (Wildman–Crippen MR) is 164 cm³/mol. The van der Waals surface area contributed by atoms with Crippen molar-refractivity contribution >= 4 is 11.9 Å². The molecule has 3 N–H and O–H groups in total. The van der Waals surface area contributed by atoms with Crippen molar-refractivity contribution in [2.75, 3.05) is 0 Å². The molecular weight excluding hydrogens is 520 g/mol. The molecule has 7 nitrogen and oxygen atoms in total. The van der Waals surface area contributed by atoms with Crippen molar-refractivity contribution in [1.82, 2.24) is 0 Å². The van der Waals surface area contributed by atoms with Crippen molar-refractivity contribution in [3.63, 3.8) is 0 Å². The summed E-state index contributed by atoms with van der Waals surface area (Å²) in [5, 5.41) is 29.3. The van der Waals surface area contributed by atoms with Crippen LogP contribution in [0.3, 0.4) is 0 Å². The highest BCUT2D eigenvalue weighted by Gasteiger charge is 2.23. The molecule has 1 heterocycles. The molecule has 1 aliphatic rings. The quantitative estimate of drug-likeness (QED) is 0.119. The second-order valence-electron chi connectivity index (χ2n) is 11.6. The smallest absolute Gasteiger partial charge is 0.331 e. The molecule has 3 unspecified atom stereocenters. The second kappa shape index (κ2) is 19.4. The van der Waals surface area contributed by atoms with Crippen molar-refractivity contribution in [3.8, 4) is 0 Å². The first-order valence-electron chi connectivity index (χ1n) is 14.8. The van der Waals surface area contributed by atoms with Gasteiger partial charge in [0.2, 0.25) is 0 Å². The monoisotopic (exact) mass is 572 g/mol. The van der Waals surface area contributed by atoms with E-state index in [-0.39, 0.29) is 36.4 Å². The number of aliphatic hydroxyl groups excluding tert-OH is 3. The summed E-state index contributed by atoms with van der Waals surface area (Å²) in [6.07, 6.45) is 16.3. The van der Waals surface area contributed by atoms with Crippen LogP contribution in [0.2, 0.25) is 0 Å². The van der Waals surface area contributed by atoms with Gasteiger partial charge in [-0.3, -0.25) is 4.79 Å². The van der Waals surface area contributed by atoms with E-state index in [0.717, 1.165) is 23.1 Å². The summed E-state index contributed by atoms with van der Waals surface area (Å²) < 4.78 is 11.4. The Bertz CT molecular complexity index is 997. The van der Waals surface area contributed by atoms with Crippen LogP contribution >= 0.6 is 0 Å². The Kier molecular flexibility index (Phi) is 17.2. The van der Waals surface area contributed by atoms with E-state index in [0.29, 0.717) is 25.7 Å². The van der Waals surface area contributed by atoms with Gasteiger partial charge in [0, 0.05) is 25.3 Å². The molecule has 0 aromatic heterocycles. The highest BCUT2D eigenvalue weighted by molar-refractivity contribution is 5.82. The molecule has 0 aliphatic carbocycles. The SMILES string of the molecule is CC(=C\C=C\C(C)=C\C(O)C(O)CC(C)O)/C=C(C)/C=C/C(=O)O[C@H]1CCCC(=O)O[C@@H](C(C)C)C/C=C/C[C@@H]1C. The third-order valence-corrected chi connectivity index (χ3v) is 6.91. The van der Waals surface area contributed by atoms with E-state index in [4.69, 9.17) is 9.47 Å². The Labute approximate surface area is 247 Å². The molecule has 230 valence electrons. The van der Waals surface area contributed by atoms with Crippen LogP contribution in [0.1, 0.15) is 87.0 Å². The summed E-state index contributed by atoms with van der Waals surface area (Å²) in [5.74, 6) is -0.228. The zero-order chi connectivity index (χ0) is 30.9. The van der Waals surface area contributed by atoms with Crippen LogP contribution in [0.25, 0.3) is 0 Å². The van der Waals surface area contributed by atoms with Crippen LogP contribution in [-0.2, 0) is 19.1 Å². The largest absolute Gasteiger partial charge is 0.462 e. The fourth-order valence-electron chi connectivity index (χ4n) is 4.40. The topological polar surface area (TPSA) is 113 Å². The zero-order valence-corrected chi connectivity index (χ0v) is 26.0. The van der Waals surface area contributed by atoms with Crippen LogP contribution in [0.4, 0.5) is 0 Å². The molecule has 6 atom stereocenters. The van der Waals surface area contributed by atoms with Crippen molar-refractivity contribution in [2.24, 2.45) is 11.8 Å². The first-order valence-corrected chi connectivity index (χ1v) is 14.8. The molecule has 0 aromatic carbocycles. The van der Waals surface area contributed by atoms with Gasteiger partial charge in [-0.05, 0) is 58.8 Å². The van der Waals surface area contributed by atoms with Gasteiger partial charge in [-0.2, -0.15) is 0 Å². The van der Waals surface area contributed by atoms with Crippen LogP contribution < -0.4 is 0 Å². The Morgan fingerprint density at radius 3 is 2.37 bits per heavy atom. The third kappa shape index (κ3) is 16.3. The number of cyclic esters (lactones) is 1. The van der Waals surface area contributed by atoms with E-state index >= 15 is 0 Å². The summed E-state index contributed by atoms with van der Waals surface area (Å²) in [7, 11) is 0. The highest BCUT2D eigenvalue weighted by atomic mass is 16.5. The minimum Gasteiger partial charge on any atom is -0.462 e. The summed E-state index contributed by atoms with van der Waals surface area (Å²) >= 11 is 0. The Balaban J connectivity index is 2.73. The maximum Gasteiger partial charge on any atom is 0.331 e. The van der Waals surface area contributed by atoms with Crippen LogP contribution in [0.15, 0.2) is 71.4 Å². The normalized spacial score (nSPS) is 25.4. The van der Waals surface area contributed by atoms with Gasteiger partial charge in [-0.1, -0.05) is 86.1 Å². The van der Waals surface area contributed by atoms with E-state index in [2.05, 4.69) is 32.9 Å². The molecule has 0 saturated heterocycles. The Hall–Kier alpha value is -2.74. The van der Waals surface area contributed by atoms with E-state index in [1.807, 2.05) is 45.1 Å². The van der Waals surface area contributed by atoms with E-state index in [1.54, 1.807) is 19.1 Å². The molecule has 0 bridgehead atoms. The zero-order valence-electron chi connectivity index (χ0n) is 26.0. The average molecular weight is 573 g/mol. The maximum absolute atomic E-state index is 12.6. The molecule has 0 fully saturated rings. The summed E-state index contributed by atoms with van der Waals surface area (Å²) in [4.78, 5) is 24.9. The number of rotatable bonds is 11. The second-order valence-corrected chi connectivity index (χ2v) is 11.6. The number of allylic oxidation sites excluding steroid dienone is 9. The Morgan fingerprint density at radius 1 is 1.02 bits per heavy atom. The van der Waals surface area contributed by atoms with Crippen LogP contribution in [0.5, 0.6) is 0 Å². The van der Waals surface area contributed by atoms with Crippen molar-refractivity contribution in [2.45, 2.75) is 118 Å². The number of aliphatic hydroxyl groups is 3. The van der Waals surface area contributed by atoms with E-state index < -0.39 is 24.3 Å². The van der Waals surface area contributed by atoms with Crippen LogP contribution in [0, 0.1) is 11.8 Å².